The van der Waals surface area contributed by atoms with E-state index in [0.717, 1.165) is 29.7 Å². The SMILES string of the molecule is COc1ccc(CCN(C)CC(C)(C)CN)cc1Br. The fraction of sp³-hybridized carbons (Fsp3) is 0.600. The lowest BCUT2D eigenvalue weighted by Crippen LogP contribution is -2.37. The fourth-order valence-corrected chi connectivity index (χ4v) is 2.65. The van der Waals surface area contributed by atoms with Gasteiger partial charge in [-0.05, 0) is 59.1 Å². The van der Waals surface area contributed by atoms with E-state index in [1.807, 2.05) is 6.07 Å². The van der Waals surface area contributed by atoms with Crippen LogP contribution in [0.25, 0.3) is 0 Å². The molecule has 0 fully saturated rings. The van der Waals surface area contributed by atoms with Gasteiger partial charge in [0.2, 0.25) is 0 Å². The summed E-state index contributed by atoms with van der Waals surface area (Å²) in [5.74, 6) is 0.876. The summed E-state index contributed by atoms with van der Waals surface area (Å²) in [6.07, 6.45) is 1.03. The number of benzene rings is 1. The number of likely N-dealkylation sites (N-methyl/N-ethyl adjacent to an activating group) is 1. The van der Waals surface area contributed by atoms with Gasteiger partial charge in [0.1, 0.15) is 5.75 Å². The molecule has 4 heteroatoms. The minimum atomic E-state index is 0.176. The molecule has 1 aromatic rings. The molecule has 0 atom stereocenters. The Morgan fingerprint density at radius 2 is 2.05 bits per heavy atom. The molecule has 0 bridgehead atoms. The average Bonchev–Trinajstić information content (AvgIpc) is 2.36. The molecule has 108 valence electrons. The summed E-state index contributed by atoms with van der Waals surface area (Å²) in [5.41, 5.74) is 7.25. The van der Waals surface area contributed by atoms with E-state index < -0.39 is 0 Å². The molecule has 2 N–H and O–H groups in total. The highest BCUT2D eigenvalue weighted by Gasteiger charge is 2.17. The third kappa shape index (κ3) is 5.51. The molecule has 0 aliphatic carbocycles. The van der Waals surface area contributed by atoms with Crippen molar-refractivity contribution >= 4 is 15.9 Å². The predicted molar refractivity (Wildman–Crippen MR) is 84.7 cm³/mol. The van der Waals surface area contributed by atoms with Crippen LogP contribution in [0.4, 0.5) is 0 Å². The van der Waals surface area contributed by atoms with Gasteiger partial charge in [0.25, 0.3) is 0 Å². The third-order valence-electron chi connectivity index (χ3n) is 3.25. The second-order valence-corrected chi connectivity index (χ2v) is 6.68. The second-order valence-electron chi connectivity index (χ2n) is 5.83. The van der Waals surface area contributed by atoms with Crippen LogP contribution in [-0.2, 0) is 6.42 Å². The molecule has 0 spiro atoms. The first kappa shape index (κ1) is 16.5. The van der Waals surface area contributed by atoms with Crippen LogP contribution < -0.4 is 10.5 Å². The second kappa shape index (κ2) is 7.27. The molecule has 0 saturated carbocycles. The summed E-state index contributed by atoms with van der Waals surface area (Å²) < 4.78 is 6.25. The Morgan fingerprint density at radius 1 is 1.37 bits per heavy atom. The lowest BCUT2D eigenvalue weighted by Gasteiger charge is -2.29. The fourth-order valence-electron chi connectivity index (χ4n) is 2.06. The van der Waals surface area contributed by atoms with E-state index in [-0.39, 0.29) is 5.41 Å². The summed E-state index contributed by atoms with van der Waals surface area (Å²) in [7, 11) is 3.83. The number of halogens is 1. The van der Waals surface area contributed by atoms with Crippen LogP contribution >= 0.6 is 15.9 Å². The Kier molecular flexibility index (Phi) is 6.30. The summed E-state index contributed by atoms with van der Waals surface area (Å²) in [5, 5.41) is 0. The Labute approximate surface area is 125 Å². The van der Waals surface area contributed by atoms with Crippen molar-refractivity contribution in [1.29, 1.82) is 0 Å². The summed E-state index contributed by atoms with van der Waals surface area (Å²) in [4.78, 5) is 2.34. The summed E-state index contributed by atoms with van der Waals surface area (Å²) in [6.45, 7) is 7.16. The zero-order valence-electron chi connectivity index (χ0n) is 12.4. The summed E-state index contributed by atoms with van der Waals surface area (Å²) in [6, 6.07) is 6.25. The van der Waals surface area contributed by atoms with Crippen molar-refractivity contribution in [3.8, 4) is 5.75 Å². The first-order chi connectivity index (χ1) is 8.88. The molecule has 0 radical (unpaired) electrons. The maximum atomic E-state index is 5.77. The standard InChI is InChI=1S/C15H25BrN2O/c1-15(2,10-17)11-18(3)8-7-12-5-6-14(19-4)13(16)9-12/h5-6,9H,7-8,10-11,17H2,1-4H3. The zero-order valence-corrected chi connectivity index (χ0v) is 14.0. The Bertz CT molecular complexity index is 407. The highest BCUT2D eigenvalue weighted by Crippen LogP contribution is 2.25. The minimum absolute atomic E-state index is 0.176. The van der Waals surface area contributed by atoms with Crippen molar-refractivity contribution in [3.05, 3.63) is 28.2 Å². The van der Waals surface area contributed by atoms with Gasteiger partial charge >= 0.3 is 0 Å². The molecule has 0 aliphatic rings. The van der Waals surface area contributed by atoms with Crippen molar-refractivity contribution < 1.29 is 4.74 Å². The number of methoxy groups -OCH3 is 1. The zero-order chi connectivity index (χ0) is 14.5. The van der Waals surface area contributed by atoms with Crippen LogP contribution in [-0.4, -0.2) is 38.7 Å². The first-order valence-corrected chi connectivity index (χ1v) is 7.38. The molecule has 0 aliphatic heterocycles. The smallest absolute Gasteiger partial charge is 0.133 e. The van der Waals surface area contributed by atoms with Crippen molar-refractivity contribution in [2.24, 2.45) is 11.1 Å². The molecule has 0 heterocycles. The van der Waals surface area contributed by atoms with Gasteiger partial charge in [0.05, 0.1) is 11.6 Å². The molecule has 0 unspecified atom stereocenters. The Morgan fingerprint density at radius 3 is 2.58 bits per heavy atom. The number of hydrogen-bond acceptors (Lipinski definition) is 3. The van der Waals surface area contributed by atoms with Gasteiger partial charge in [-0.15, -0.1) is 0 Å². The van der Waals surface area contributed by atoms with Crippen LogP contribution in [0.2, 0.25) is 0 Å². The predicted octanol–water partition coefficient (Wildman–Crippen LogP) is 2.92. The van der Waals surface area contributed by atoms with Crippen LogP contribution in [0.3, 0.4) is 0 Å². The number of nitrogens with zero attached hydrogens (tertiary/aromatic N) is 1. The minimum Gasteiger partial charge on any atom is -0.496 e. The topological polar surface area (TPSA) is 38.5 Å². The maximum absolute atomic E-state index is 5.77. The van der Waals surface area contributed by atoms with Gasteiger partial charge in [0, 0.05) is 13.1 Å². The molecule has 0 amide bonds. The van der Waals surface area contributed by atoms with Crippen molar-refractivity contribution in [2.45, 2.75) is 20.3 Å². The Balaban J connectivity index is 2.50. The van der Waals surface area contributed by atoms with E-state index in [9.17, 15) is 0 Å². The van der Waals surface area contributed by atoms with E-state index in [0.29, 0.717) is 6.54 Å². The molecule has 0 aromatic heterocycles. The normalized spacial score (nSPS) is 11.9. The largest absolute Gasteiger partial charge is 0.496 e. The molecule has 0 saturated heterocycles. The molecule has 1 rings (SSSR count). The van der Waals surface area contributed by atoms with Crippen molar-refractivity contribution in [3.63, 3.8) is 0 Å². The maximum Gasteiger partial charge on any atom is 0.133 e. The van der Waals surface area contributed by atoms with E-state index >= 15 is 0 Å². The van der Waals surface area contributed by atoms with Crippen LogP contribution in [0.5, 0.6) is 5.75 Å². The molecule has 1 aromatic carbocycles. The number of ether oxygens (including phenoxy) is 1. The molecular weight excluding hydrogens is 304 g/mol. The third-order valence-corrected chi connectivity index (χ3v) is 3.87. The number of rotatable bonds is 7. The van der Waals surface area contributed by atoms with Crippen LogP contribution in [0.1, 0.15) is 19.4 Å². The van der Waals surface area contributed by atoms with Gasteiger partial charge in [-0.25, -0.2) is 0 Å². The van der Waals surface area contributed by atoms with Gasteiger partial charge < -0.3 is 15.4 Å². The van der Waals surface area contributed by atoms with Gasteiger partial charge in [-0.1, -0.05) is 19.9 Å². The summed E-state index contributed by atoms with van der Waals surface area (Å²) >= 11 is 3.52. The lowest BCUT2D eigenvalue weighted by atomic mass is 9.93. The number of hydrogen-bond donors (Lipinski definition) is 1. The first-order valence-electron chi connectivity index (χ1n) is 6.59. The highest BCUT2D eigenvalue weighted by molar-refractivity contribution is 9.10. The van der Waals surface area contributed by atoms with Crippen molar-refractivity contribution in [2.75, 3.05) is 33.8 Å². The molecular formula is C15H25BrN2O. The van der Waals surface area contributed by atoms with Gasteiger partial charge in [-0.3, -0.25) is 0 Å². The van der Waals surface area contributed by atoms with E-state index in [2.05, 4.69) is 53.9 Å². The van der Waals surface area contributed by atoms with Crippen LogP contribution in [0, 0.1) is 5.41 Å². The quantitative estimate of drug-likeness (QED) is 0.836. The number of nitrogens with two attached hydrogens (primary N) is 1. The molecule has 3 nitrogen and oxygen atoms in total. The Hall–Kier alpha value is -0.580. The van der Waals surface area contributed by atoms with Gasteiger partial charge in [-0.2, -0.15) is 0 Å². The monoisotopic (exact) mass is 328 g/mol. The van der Waals surface area contributed by atoms with E-state index in [1.165, 1.54) is 5.56 Å². The molecule has 19 heavy (non-hydrogen) atoms. The lowest BCUT2D eigenvalue weighted by molar-refractivity contribution is 0.218. The van der Waals surface area contributed by atoms with Gasteiger partial charge in [0.15, 0.2) is 0 Å². The van der Waals surface area contributed by atoms with Crippen molar-refractivity contribution in [1.82, 2.24) is 4.90 Å². The van der Waals surface area contributed by atoms with Crippen LogP contribution in [0.15, 0.2) is 22.7 Å². The van der Waals surface area contributed by atoms with E-state index in [4.69, 9.17) is 10.5 Å². The highest BCUT2D eigenvalue weighted by atomic mass is 79.9. The average molecular weight is 329 g/mol. The van der Waals surface area contributed by atoms with E-state index in [1.54, 1.807) is 7.11 Å².